The van der Waals surface area contributed by atoms with Crippen molar-refractivity contribution in [2.24, 2.45) is 11.5 Å². The zero-order valence-corrected chi connectivity index (χ0v) is 11.2. The van der Waals surface area contributed by atoms with Crippen LogP contribution in [0.1, 0.15) is 5.56 Å². The Bertz CT molecular complexity index is 454. The molecule has 0 unspecified atom stereocenters. The number of thiocarbonyl (C=S) groups is 1. The van der Waals surface area contributed by atoms with Gasteiger partial charge in [-0.15, -0.1) is 0 Å². The van der Waals surface area contributed by atoms with Crippen molar-refractivity contribution in [3.8, 4) is 0 Å². The predicted octanol–water partition coefficient (Wildman–Crippen LogP) is 0.888. The van der Waals surface area contributed by atoms with Gasteiger partial charge in [-0.1, -0.05) is 29.9 Å². The van der Waals surface area contributed by atoms with E-state index in [1.54, 1.807) is 12.1 Å². The number of anilines is 1. The third kappa shape index (κ3) is 4.48. The van der Waals surface area contributed by atoms with Crippen LogP contribution in [0.15, 0.2) is 18.2 Å². The first-order valence-corrected chi connectivity index (χ1v) is 5.99. The monoisotopic (exact) mass is 287 g/mol. The van der Waals surface area contributed by atoms with Gasteiger partial charge in [-0.3, -0.25) is 4.79 Å². The van der Waals surface area contributed by atoms with E-state index in [0.717, 1.165) is 5.69 Å². The lowest BCUT2D eigenvalue weighted by Gasteiger charge is -2.12. The quantitative estimate of drug-likeness (QED) is 0.512. The first kappa shape index (κ1) is 14.7. The molecule has 0 saturated carbocycles. The molecular weight excluding hydrogens is 274 g/mol. The Hall–Kier alpha value is -1.37. The topological polar surface area (TPSA) is 90.4 Å². The van der Waals surface area contributed by atoms with E-state index in [1.807, 2.05) is 6.07 Å². The van der Waals surface area contributed by atoms with Crippen LogP contribution in [0.3, 0.4) is 0 Å². The predicted molar refractivity (Wildman–Crippen MR) is 75.8 cm³/mol. The van der Waals surface area contributed by atoms with Crippen LogP contribution in [0.2, 0.25) is 5.02 Å². The molecule has 1 amide bonds. The lowest BCUT2D eigenvalue weighted by molar-refractivity contribution is -0.122. The molecule has 0 saturated heterocycles. The molecule has 7 heteroatoms. The Morgan fingerprint density at radius 1 is 1.44 bits per heavy atom. The molecule has 18 heavy (non-hydrogen) atoms. The van der Waals surface area contributed by atoms with Gasteiger partial charge >= 0.3 is 0 Å². The minimum Gasteiger partial charge on any atom is -0.389 e. The average molecular weight is 288 g/mol. The van der Waals surface area contributed by atoms with Gasteiger partial charge in [0.2, 0.25) is 5.91 Å². The molecule has 0 heterocycles. The zero-order chi connectivity index (χ0) is 13.5. The molecule has 0 radical (unpaired) electrons. The fourth-order valence-corrected chi connectivity index (χ4v) is 1.90. The van der Waals surface area contributed by atoms with Gasteiger partial charge in [0, 0.05) is 12.2 Å². The number of carbonyl (C=O) groups excluding carboxylic acids is 1. The van der Waals surface area contributed by atoms with Gasteiger partial charge in [0.05, 0.1) is 17.2 Å². The summed E-state index contributed by atoms with van der Waals surface area (Å²) in [5.74, 6) is -0.499. The second-order valence-electron chi connectivity index (χ2n) is 3.47. The van der Waals surface area contributed by atoms with Crippen molar-refractivity contribution in [3.63, 3.8) is 0 Å². The number of halogens is 1. The first-order chi connectivity index (χ1) is 8.52. The average Bonchev–Trinajstić information content (AvgIpc) is 2.27. The van der Waals surface area contributed by atoms with Gasteiger partial charge in [0.25, 0.3) is 0 Å². The molecule has 98 valence electrons. The molecule has 5 nitrogen and oxygen atoms in total. The van der Waals surface area contributed by atoms with Crippen LogP contribution in [0.4, 0.5) is 5.69 Å². The highest BCUT2D eigenvalue weighted by molar-refractivity contribution is 7.80. The number of nitrogens with two attached hydrogens (primary N) is 2. The largest absolute Gasteiger partial charge is 0.389 e. The summed E-state index contributed by atoms with van der Waals surface area (Å²) in [5, 5.41) is 3.57. The molecule has 0 fully saturated rings. The summed E-state index contributed by atoms with van der Waals surface area (Å²) in [7, 11) is 0. The molecule has 0 aromatic heterocycles. The third-order valence-corrected chi connectivity index (χ3v) is 2.59. The van der Waals surface area contributed by atoms with E-state index in [1.165, 1.54) is 0 Å². The summed E-state index contributed by atoms with van der Waals surface area (Å²) in [5.41, 5.74) is 11.9. The summed E-state index contributed by atoms with van der Waals surface area (Å²) < 4.78 is 5.01. The highest BCUT2D eigenvalue weighted by Gasteiger charge is 2.08. The van der Waals surface area contributed by atoms with Gasteiger partial charge < -0.3 is 21.5 Å². The molecule has 0 spiro atoms. The highest BCUT2D eigenvalue weighted by Crippen LogP contribution is 2.23. The van der Waals surface area contributed by atoms with Gasteiger partial charge in [0.15, 0.2) is 0 Å². The molecule has 0 aliphatic rings. The van der Waals surface area contributed by atoms with E-state index < -0.39 is 5.91 Å². The third-order valence-electron chi connectivity index (χ3n) is 2.07. The Balaban J connectivity index is 2.54. The number of hydrogen-bond donors (Lipinski definition) is 3. The van der Waals surface area contributed by atoms with Crippen LogP contribution < -0.4 is 16.8 Å². The van der Waals surface area contributed by atoms with Crippen molar-refractivity contribution < 1.29 is 9.53 Å². The van der Waals surface area contributed by atoms with Crippen LogP contribution in [0.5, 0.6) is 0 Å². The number of nitrogens with one attached hydrogen (secondary N) is 1. The lowest BCUT2D eigenvalue weighted by Crippen LogP contribution is -2.21. The maximum atomic E-state index is 10.4. The number of rotatable bonds is 7. The van der Waals surface area contributed by atoms with Crippen molar-refractivity contribution in [3.05, 3.63) is 28.8 Å². The fraction of sp³-hybridized carbons (Fsp3) is 0.273. The van der Waals surface area contributed by atoms with Crippen molar-refractivity contribution in [1.82, 2.24) is 0 Å². The van der Waals surface area contributed by atoms with Crippen molar-refractivity contribution in [2.75, 3.05) is 25.1 Å². The summed E-state index contributed by atoms with van der Waals surface area (Å²) in [6.45, 7) is 0.731. The van der Waals surface area contributed by atoms with E-state index in [2.05, 4.69) is 5.32 Å². The molecule has 1 aromatic carbocycles. The normalized spacial score (nSPS) is 10.1. The molecule has 1 aromatic rings. The maximum Gasteiger partial charge on any atom is 0.243 e. The van der Waals surface area contributed by atoms with E-state index >= 15 is 0 Å². The number of hydrogen-bond acceptors (Lipinski definition) is 4. The zero-order valence-electron chi connectivity index (χ0n) is 9.61. The van der Waals surface area contributed by atoms with Crippen molar-refractivity contribution in [2.45, 2.75) is 0 Å². The van der Waals surface area contributed by atoms with E-state index in [4.69, 9.17) is 40.0 Å². The number of primary amides is 1. The standard InChI is InChI=1S/C11H14ClN3O2S/c12-7-2-1-3-8(10(7)11(14)18)15-4-5-17-6-9(13)16/h1-3,15H,4-6H2,(H2,13,16)(H2,14,18). The first-order valence-electron chi connectivity index (χ1n) is 5.20. The second kappa shape index (κ2) is 7.15. The molecule has 1 rings (SSSR count). The summed E-state index contributed by atoms with van der Waals surface area (Å²) in [6.07, 6.45) is 0. The smallest absolute Gasteiger partial charge is 0.243 e. The van der Waals surface area contributed by atoms with Gasteiger partial charge in [-0.25, -0.2) is 0 Å². The van der Waals surface area contributed by atoms with Gasteiger partial charge in [-0.2, -0.15) is 0 Å². The minimum atomic E-state index is -0.499. The van der Waals surface area contributed by atoms with Gasteiger partial charge in [0.1, 0.15) is 11.6 Å². The van der Waals surface area contributed by atoms with Crippen LogP contribution in [-0.4, -0.2) is 30.7 Å². The SMILES string of the molecule is NC(=O)COCCNc1cccc(Cl)c1C(N)=S. The highest BCUT2D eigenvalue weighted by atomic mass is 35.5. The van der Waals surface area contributed by atoms with Gasteiger partial charge in [-0.05, 0) is 12.1 Å². The molecular formula is C11H14ClN3O2S. The molecule has 0 bridgehead atoms. The molecule has 0 atom stereocenters. The Morgan fingerprint density at radius 2 is 2.17 bits per heavy atom. The maximum absolute atomic E-state index is 10.4. The van der Waals surface area contributed by atoms with Crippen LogP contribution >= 0.6 is 23.8 Å². The lowest BCUT2D eigenvalue weighted by atomic mass is 10.1. The summed E-state index contributed by atoms with van der Waals surface area (Å²) >= 11 is 10.9. The van der Waals surface area contributed by atoms with Crippen molar-refractivity contribution >= 4 is 40.4 Å². The molecule has 0 aliphatic heterocycles. The van der Waals surface area contributed by atoms with E-state index in [-0.39, 0.29) is 11.6 Å². The van der Waals surface area contributed by atoms with E-state index in [0.29, 0.717) is 23.7 Å². The van der Waals surface area contributed by atoms with Crippen LogP contribution in [0.25, 0.3) is 0 Å². The number of carbonyl (C=O) groups is 1. The summed E-state index contributed by atoms with van der Waals surface area (Å²) in [6, 6.07) is 5.32. The fourth-order valence-electron chi connectivity index (χ4n) is 1.35. The second-order valence-corrected chi connectivity index (χ2v) is 4.32. The molecule has 5 N–H and O–H groups in total. The number of ether oxygens (including phenoxy) is 1. The Kier molecular flexibility index (Phi) is 5.84. The minimum absolute atomic E-state index is 0.0978. The van der Waals surface area contributed by atoms with Crippen LogP contribution in [0, 0.1) is 0 Å². The number of amides is 1. The summed E-state index contributed by atoms with van der Waals surface area (Å²) in [4.78, 5) is 10.7. The van der Waals surface area contributed by atoms with E-state index in [9.17, 15) is 4.79 Å². The van der Waals surface area contributed by atoms with Crippen molar-refractivity contribution in [1.29, 1.82) is 0 Å². The Morgan fingerprint density at radius 3 is 2.78 bits per heavy atom. The van der Waals surface area contributed by atoms with Crippen LogP contribution in [-0.2, 0) is 9.53 Å². The Labute approximate surface area is 115 Å². The molecule has 0 aliphatic carbocycles. The number of benzene rings is 1.